The lowest BCUT2D eigenvalue weighted by molar-refractivity contribution is -0.140. The van der Waals surface area contributed by atoms with Crippen LogP contribution in [-0.2, 0) is 22.5 Å². The van der Waals surface area contributed by atoms with Gasteiger partial charge in [0.15, 0.2) is 6.10 Å². The van der Waals surface area contributed by atoms with E-state index < -0.39 is 23.9 Å². The summed E-state index contributed by atoms with van der Waals surface area (Å²) in [5.74, 6) is -2.14. The molecule has 0 fully saturated rings. The number of ether oxygens (including phenoxy) is 1. The number of esters is 1. The monoisotopic (exact) mass is 488 g/mol. The van der Waals surface area contributed by atoms with Gasteiger partial charge in [0.2, 0.25) is 0 Å². The second kappa shape index (κ2) is 9.00. The molecular weight excluding hydrogens is 468 g/mol. The third-order valence-corrected chi connectivity index (χ3v) is 6.61. The zero-order valence-corrected chi connectivity index (χ0v) is 19.6. The zero-order chi connectivity index (χ0) is 24.7. The Balaban J connectivity index is 1.30. The van der Waals surface area contributed by atoms with Crippen LogP contribution in [0.3, 0.4) is 0 Å². The fraction of sp³-hybridized carbons (Fsp3) is 0.185. The summed E-state index contributed by atoms with van der Waals surface area (Å²) in [6.07, 6.45) is -0.260. The molecule has 2 aliphatic rings. The number of hydrogen-bond acceptors (Lipinski definition) is 5. The predicted octanol–water partition coefficient (Wildman–Crippen LogP) is 4.27. The predicted molar refractivity (Wildman–Crippen MR) is 129 cm³/mol. The zero-order valence-electron chi connectivity index (χ0n) is 18.9. The Hall–Kier alpha value is -3.97. The highest BCUT2D eigenvalue weighted by Gasteiger charge is 2.38. The average molecular weight is 489 g/mol. The third kappa shape index (κ3) is 4.08. The molecule has 7 nitrogen and oxygen atoms in total. The Morgan fingerprint density at radius 2 is 1.60 bits per heavy atom. The maximum absolute atomic E-state index is 13.0. The second-order valence-corrected chi connectivity index (χ2v) is 8.89. The fourth-order valence-corrected chi connectivity index (χ4v) is 4.66. The van der Waals surface area contributed by atoms with Crippen LogP contribution in [0.1, 0.15) is 49.1 Å². The van der Waals surface area contributed by atoms with Crippen LogP contribution in [0.5, 0.6) is 0 Å². The average Bonchev–Trinajstić information content (AvgIpc) is 3.12. The van der Waals surface area contributed by atoms with E-state index in [1.165, 1.54) is 30.7 Å². The molecule has 5 rings (SSSR count). The standard InChI is InChI=1S/C27H21ClN2O5/c1-16(24(31)29-13-12-17-6-2-3-7-19(17)15-29)35-27(34)18-10-11-20-21(14-18)26(33)30(25(20)32)23-9-5-4-8-22(23)28/h2-11,14,16H,12-13,15H2,1H3. The molecule has 3 aromatic rings. The van der Waals surface area contributed by atoms with E-state index in [0.717, 1.165) is 16.9 Å². The minimum atomic E-state index is -1.00. The van der Waals surface area contributed by atoms with Crippen LogP contribution < -0.4 is 4.90 Å². The molecule has 0 radical (unpaired) electrons. The largest absolute Gasteiger partial charge is 0.449 e. The van der Waals surface area contributed by atoms with Crippen LogP contribution in [0.25, 0.3) is 0 Å². The summed E-state index contributed by atoms with van der Waals surface area (Å²) in [4.78, 5) is 54.2. The number of carbonyl (C=O) groups is 4. The van der Waals surface area contributed by atoms with Crippen molar-refractivity contribution in [2.24, 2.45) is 0 Å². The summed E-state index contributed by atoms with van der Waals surface area (Å²) >= 11 is 6.18. The van der Waals surface area contributed by atoms with Gasteiger partial charge < -0.3 is 9.64 Å². The van der Waals surface area contributed by atoms with Crippen LogP contribution in [0, 0.1) is 0 Å². The second-order valence-electron chi connectivity index (χ2n) is 8.48. The molecule has 8 heteroatoms. The Bertz CT molecular complexity index is 1390. The van der Waals surface area contributed by atoms with Crippen LogP contribution in [-0.4, -0.2) is 41.2 Å². The van der Waals surface area contributed by atoms with E-state index in [2.05, 4.69) is 0 Å². The number of anilines is 1. The summed E-state index contributed by atoms with van der Waals surface area (Å²) < 4.78 is 5.43. The van der Waals surface area contributed by atoms with Crippen molar-refractivity contribution in [2.75, 3.05) is 11.4 Å². The van der Waals surface area contributed by atoms with E-state index in [4.69, 9.17) is 16.3 Å². The molecule has 0 saturated carbocycles. The molecule has 0 spiro atoms. The van der Waals surface area contributed by atoms with Crippen molar-refractivity contribution in [2.45, 2.75) is 26.0 Å². The van der Waals surface area contributed by atoms with E-state index >= 15 is 0 Å². The van der Waals surface area contributed by atoms with Gasteiger partial charge in [-0.25, -0.2) is 9.69 Å². The van der Waals surface area contributed by atoms with Gasteiger partial charge in [0, 0.05) is 13.1 Å². The van der Waals surface area contributed by atoms with Gasteiger partial charge in [0.25, 0.3) is 17.7 Å². The maximum Gasteiger partial charge on any atom is 0.338 e. The Morgan fingerprint density at radius 3 is 2.37 bits per heavy atom. The number of fused-ring (bicyclic) bond motifs is 2. The number of rotatable bonds is 4. The van der Waals surface area contributed by atoms with Gasteiger partial charge in [-0.1, -0.05) is 48.0 Å². The number of amides is 3. The number of halogens is 1. The Morgan fingerprint density at radius 1 is 0.914 bits per heavy atom. The molecule has 0 N–H and O–H groups in total. The number of benzene rings is 3. The summed E-state index contributed by atoms with van der Waals surface area (Å²) in [5.41, 5.74) is 2.89. The van der Waals surface area contributed by atoms with E-state index in [1.54, 1.807) is 29.2 Å². The lowest BCUT2D eigenvalue weighted by atomic mass is 9.99. The molecule has 2 aliphatic heterocycles. The van der Waals surface area contributed by atoms with Gasteiger partial charge in [-0.15, -0.1) is 0 Å². The molecule has 3 amide bonds. The first kappa shape index (κ1) is 22.8. The highest BCUT2D eigenvalue weighted by Crippen LogP contribution is 2.33. The minimum absolute atomic E-state index is 0.0783. The lowest BCUT2D eigenvalue weighted by Gasteiger charge is -2.30. The summed E-state index contributed by atoms with van der Waals surface area (Å²) in [6.45, 7) is 2.54. The van der Waals surface area contributed by atoms with Crippen molar-refractivity contribution in [3.05, 3.63) is 99.6 Å². The number of carbonyl (C=O) groups excluding carboxylic acids is 4. The lowest BCUT2D eigenvalue weighted by Crippen LogP contribution is -2.42. The molecule has 0 aliphatic carbocycles. The molecule has 0 aromatic heterocycles. The number of para-hydroxylation sites is 1. The van der Waals surface area contributed by atoms with Gasteiger partial charge in [0.05, 0.1) is 27.4 Å². The molecule has 1 unspecified atom stereocenters. The highest BCUT2D eigenvalue weighted by molar-refractivity contribution is 6.39. The summed E-state index contributed by atoms with van der Waals surface area (Å²) in [5, 5.41) is 0.259. The normalized spacial score (nSPS) is 15.5. The van der Waals surface area contributed by atoms with Crippen LogP contribution in [0.15, 0.2) is 66.7 Å². The summed E-state index contributed by atoms with van der Waals surface area (Å²) in [6, 6.07) is 18.6. The van der Waals surface area contributed by atoms with E-state index in [9.17, 15) is 19.2 Å². The molecule has 0 bridgehead atoms. The van der Waals surface area contributed by atoms with Crippen LogP contribution >= 0.6 is 11.6 Å². The van der Waals surface area contributed by atoms with Gasteiger partial charge in [-0.3, -0.25) is 14.4 Å². The number of imide groups is 1. The fourth-order valence-electron chi connectivity index (χ4n) is 4.44. The van der Waals surface area contributed by atoms with Crippen molar-refractivity contribution >= 4 is 41.0 Å². The molecule has 1 atom stereocenters. The van der Waals surface area contributed by atoms with Crippen molar-refractivity contribution < 1.29 is 23.9 Å². The Labute approximate surface area is 206 Å². The van der Waals surface area contributed by atoms with Gasteiger partial charge in [-0.05, 0) is 54.8 Å². The highest BCUT2D eigenvalue weighted by atomic mass is 35.5. The van der Waals surface area contributed by atoms with Crippen molar-refractivity contribution in [3.8, 4) is 0 Å². The van der Waals surface area contributed by atoms with Crippen molar-refractivity contribution in [1.82, 2.24) is 4.90 Å². The molecule has 0 saturated heterocycles. The SMILES string of the molecule is CC(OC(=O)c1ccc2c(c1)C(=O)N(c1ccccc1Cl)C2=O)C(=O)N1CCc2ccccc2C1. The molecule has 35 heavy (non-hydrogen) atoms. The first-order valence-electron chi connectivity index (χ1n) is 11.2. The Kier molecular flexibility index (Phi) is 5.86. The third-order valence-electron chi connectivity index (χ3n) is 6.29. The van der Waals surface area contributed by atoms with E-state index in [-0.39, 0.29) is 33.3 Å². The number of hydrogen-bond donors (Lipinski definition) is 0. The first-order chi connectivity index (χ1) is 16.8. The topological polar surface area (TPSA) is 84.0 Å². The minimum Gasteiger partial charge on any atom is -0.449 e. The van der Waals surface area contributed by atoms with Gasteiger partial charge >= 0.3 is 5.97 Å². The van der Waals surface area contributed by atoms with Gasteiger partial charge in [0.1, 0.15) is 0 Å². The van der Waals surface area contributed by atoms with E-state index in [1.807, 2.05) is 24.3 Å². The molecule has 2 heterocycles. The van der Waals surface area contributed by atoms with Crippen molar-refractivity contribution in [1.29, 1.82) is 0 Å². The molecule has 176 valence electrons. The number of nitrogens with zero attached hydrogens (tertiary/aromatic N) is 2. The van der Waals surface area contributed by atoms with Crippen LogP contribution in [0.4, 0.5) is 5.69 Å². The van der Waals surface area contributed by atoms with Gasteiger partial charge in [-0.2, -0.15) is 0 Å². The quantitative estimate of drug-likeness (QED) is 0.404. The van der Waals surface area contributed by atoms with Crippen molar-refractivity contribution in [3.63, 3.8) is 0 Å². The molecule has 3 aromatic carbocycles. The summed E-state index contributed by atoms with van der Waals surface area (Å²) in [7, 11) is 0. The maximum atomic E-state index is 13.0. The van der Waals surface area contributed by atoms with Crippen LogP contribution in [0.2, 0.25) is 5.02 Å². The molecular formula is C27H21ClN2O5. The smallest absolute Gasteiger partial charge is 0.338 e. The first-order valence-corrected chi connectivity index (χ1v) is 11.6. The van der Waals surface area contributed by atoms with E-state index in [0.29, 0.717) is 13.1 Å².